The first-order valence-electron chi connectivity index (χ1n) is 19.2. The van der Waals surface area contributed by atoms with Gasteiger partial charge in [-0.3, -0.25) is 4.99 Å². The second-order valence-electron chi connectivity index (χ2n) is 14.6. The van der Waals surface area contributed by atoms with Gasteiger partial charge < -0.3 is 25.0 Å². The third kappa shape index (κ3) is 6.51. The van der Waals surface area contributed by atoms with Gasteiger partial charge in [0.2, 0.25) is 0 Å². The Labute approximate surface area is 327 Å². The second kappa shape index (κ2) is 14.9. The summed E-state index contributed by atoms with van der Waals surface area (Å²) in [6.45, 7) is 3.94. The molecule has 9 rings (SSSR count). The monoisotopic (exact) mass is 733 g/mol. The normalized spacial score (nSPS) is 19.0. The highest BCUT2D eigenvalue weighted by atomic mass is 16.3. The minimum absolute atomic E-state index is 0.409. The number of aromatic amines is 1. The number of aryl methyl sites for hydroxylation is 1. The maximum Gasteiger partial charge on any atom is 0.137 e. The van der Waals surface area contributed by atoms with Crippen LogP contribution in [0, 0.1) is 12.8 Å². The summed E-state index contributed by atoms with van der Waals surface area (Å²) in [6.07, 6.45) is -0.975. The van der Waals surface area contributed by atoms with Crippen molar-refractivity contribution < 1.29 is 10.2 Å². The third-order valence-corrected chi connectivity index (χ3v) is 11.2. The number of aromatic nitrogens is 2. The van der Waals surface area contributed by atoms with E-state index in [4.69, 9.17) is 9.98 Å². The Bertz CT molecular complexity index is 2410. The Balaban J connectivity index is 0.898. The molecule has 0 spiro atoms. The van der Waals surface area contributed by atoms with Gasteiger partial charge in [-0.2, -0.15) is 0 Å². The SMILES string of the molecule is CC1=C(C2C(O)C(c3nc(-c4ccc(N(c5ccccc5)c5ccccc5)cc4)[nH]c3C)C2O)CC(c2ccc(N(c3ccccc3)c3ccccc3)cc2)=N1. The van der Waals surface area contributed by atoms with Crippen LogP contribution in [-0.4, -0.2) is 38.1 Å². The zero-order valence-electron chi connectivity index (χ0n) is 31.4. The summed E-state index contributed by atoms with van der Waals surface area (Å²) >= 11 is 0. The number of imidazole rings is 1. The van der Waals surface area contributed by atoms with Gasteiger partial charge in [0.25, 0.3) is 0 Å². The van der Waals surface area contributed by atoms with Crippen molar-refractivity contribution in [3.63, 3.8) is 0 Å². The van der Waals surface area contributed by atoms with Crippen LogP contribution < -0.4 is 9.80 Å². The van der Waals surface area contributed by atoms with Crippen LogP contribution in [0.3, 0.4) is 0 Å². The van der Waals surface area contributed by atoms with E-state index in [1.807, 2.05) is 86.6 Å². The van der Waals surface area contributed by atoms with E-state index in [1.54, 1.807) is 0 Å². The molecule has 1 aliphatic carbocycles. The van der Waals surface area contributed by atoms with Crippen LogP contribution >= 0.6 is 0 Å². The predicted molar refractivity (Wildman–Crippen MR) is 227 cm³/mol. The molecule has 2 atom stereocenters. The molecule has 1 fully saturated rings. The standard InChI is InChI=1S/C49H43N5O2/c1-32-42(31-43(50-32)34-23-27-40(28-24-34)53(36-15-7-3-8-16-36)37-17-9-4-10-18-37)44-47(55)45(48(44)56)46-33(2)51-49(52-46)35-25-29-41(30-26-35)54(38-19-11-5-12-20-38)39-21-13-6-14-22-39/h3-30,44-45,47-48,55-56H,31H2,1-2H3,(H,51,52). The number of aliphatic hydroxyl groups excluding tert-OH is 2. The molecule has 1 aliphatic heterocycles. The summed E-state index contributed by atoms with van der Waals surface area (Å²) in [7, 11) is 0. The largest absolute Gasteiger partial charge is 0.392 e. The number of rotatable bonds is 10. The lowest BCUT2D eigenvalue weighted by Crippen LogP contribution is -2.54. The number of aliphatic imine (C=N–C) groups is 1. The first-order chi connectivity index (χ1) is 27.4. The van der Waals surface area contributed by atoms with Gasteiger partial charge in [0, 0.05) is 63.4 Å². The summed E-state index contributed by atoms with van der Waals surface area (Å²) in [6, 6.07) is 58.1. The lowest BCUT2D eigenvalue weighted by Gasteiger charge is -2.47. The number of para-hydroxylation sites is 4. The fourth-order valence-corrected chi connectivity index (χ4v) is 8.30. The number of allylic oxidation sites excluding steroid dienone is 1. The number of nitrogens with one attached hydrogen (secondary N) is 1. The van der Waals surface area contributed by atoms with Gasteiger partial charge in [-0.25, -0.2) is 4.98 Å². The molecule has 0 radical (unpaired) electrons. The number of aliphatic hydroxyl groups is 2. The number of hydrogen-bond donors (Lipinski definition) is 3. The molecule has 7 nitrogen and oxygen atoms in total. The maximum absolute atomic E-state index is 11.6. The smallest absolute Gasteiger partial charge is 0.137 e. The molecule has 3 N–H and O–H groups in total. The highest BCUT2D eigenvalue weighted by Crippen LogP contribution is 2.49. The molecule has 6 aromatic carbocycles. The molecule has 56 heavy (non-hydrogen) atoms. The van der Waals surface area contributed by atoms with Crippen LogP contribution in [0.4, 0.5) is 34.1 Å². The molecule has 2 heterocycles. The average molecular weight is 734 g/mol. The van der Waals surface area contributed by atoms with E-state index in [1.165, 1.54) is 0 Å². The van der Waals surface area contributed by atoms with Crippen molar-refractivity contribution in [2.45, 2.75) is 38.4 Å². The summed E-state index contributed by atoms with van der Waals surface area (Å²) in [4.78, 5) is 17.8. The van der Waals surface area contributed by atoms with Gasteiger partial charge in [-0.15, -0.1) is 0 Å². The first-order valence-corrected chi connectivity index (χ1v) is 19.2. The molecule has 0 saturated heterocycles. The summed E-state index contributed by atoms with van der Waals surface area (Å²) < 4.78 is 0. The van der Waals surface area contributed by atoms with Crippen molar-refractivity contribution in [1.29, 1.82) is 0 Å². The Morgan fingerprint density at radius 1 is 0.500 bits per heavy atom. The van der Waals surface area contributed by atoms with E-state index < -0.39 is 24.0 Å². The highest BCUT2D eigenvalue weighted by molar-refractivity contribution is 6.04. The fraction of sp³-hybridized carbons (Fsp3) is 0.143. The Morgan fingerprint density at radius 3 is 1.32 bits per heavy atom. The van der Waals surface area contributed by atoms with E-state index in [0.29, 0.717) is 17.9 Å². The number of anilines is 6. The lowest BCUT2D eigenvalue weighted by molar-refractivity contribution is -0.101. The van der Waals surface area contributed by atoms with Crippen molar-refractivity contribution in [3.05, 3.63) is 198 Å². The van der Waals surface area contributed by atoms with Crippen LogP contribution in [0.5, 0.6) is 0 Å². The van der Waals surface area contributed by atoms with E-state index >= 15 is 0 Å². The molecule has 1 saturated carbocycles. The molecular formula is C49H43N5O2. The molecule has 2 aliphatic rings. The van der Waals surface area contributed by atoms with Crippen LogP contribution in [0.15, 0.2) is 186 Å². The number of H-pyrrole nitrogens is 1. The van der Waals surface area contributed by atoms with Crippen LogP contribution in [0.1, 0.15) is 36.2 Å². The van der Waals surface area contributed by atoms with Gasteiger partial charge in [-0.05, 0) is 110 Å². The number of hydrogen-bond acceptors (Lipinski definition) is 6. The third-order valence-electron chi connectivity index (χ3n) is 11.2. The highest BCUT2D eigenvalue weighted by Gasteiger charge is 2.53. The average Bonchev–Trinajstić information content (AvgIpc) is 3.81. The predicted octanol–water partition coefficient (Wildman–Crippen LogP) is 10.9. The minimum Gasteiger partial charge on any atom is -0.392 e. The summed E-state index contributed by atoms with van der Waals surface area (Å²) in [5, 5.41) is 23.3. The number of nitrogens with zero attached hydrogens (tertiary/aromatic N) is 4. The Hall–Kier alpha value is -6.54. The van der Waals surface area contributed by atoms with Gasteiger partial charge in [0.1, 0.15) is 5.82 Å². The molecule has 1 aromatic heterocycles. The van der Waals surface area contributed by atoms with Crippen molar-refractivity contribution >= 4 is 39.8 Å². The zero-order chi connectivity index (χ0) is 38.2. The second-order valence-corrected chi connectivity index (χ2v) is 14.6. The van der Waals surface area contributed by atoms with Gasteiger partial charge >= 0.3 is 0 Å². The van der Waals surface area contributed by atoms with Crippen molar-refractivity contribution in [3.8, 4) is 11.4 Å². The zero-order valence-corrected chi connectivity index (χ0v) is 31.4. The Morgan fingerprint density at radius 2 is 0.893 bits per heavy atom. The van der Waals surface area contributed by atoms with Crippen molar-refractivity contribution in [2.24, 2.45) is 10.9 Å². The molecule has 276 valence electrons. The topological polar surface area (TPSA) is 88.0 Å². The minimum atomic E-state index is -0.778. The molecule has 2 unspecified atom stereocenters. The molecule has 7 aromatic rings. The van der Waals surface area contributed by atoms with E-state index in [9.17, 15) is 10.2 Å². The summed E-state index contributed by atoms with van der Waals surface area (Å²) in [5.74, 6) is -0.198. The quantitative estimate of drug-likeness (QED) is 0.130. The fourth-order valence-electron chi connectivity index (χ4n) is 8.30. The maximum atomic E-state index is 11.6. The Kier molecular flexibility index (Phi) is 9.39. The van der Waals surface area contributed by atoms with Gasteiger partial charge in [-0.1, -0.05) is 84.9 Å². The van der Waals surface area contributed by atoms with Gasteiger partial charge in [0.15, 0.2) is 0 Å². The molecule has 0 amide bonds. The van der Waals surface area contributed by atoms with Crippen molar-refractivity contribution in [1.82, 2.24) is 9.97 Å². The lowest BCUT2D eigenvalue weighted by atomic mass is 9.63. The van der Waals surface area contributed by atoms with Crippen molar-refractivity contribution in [2.75, 3.05) is 9.80 Å². The number of benzene rings is 6. The van der Waals surface area contributed by atoms with E-state index in [0.717, 1.165) is 67.9 Å². The summed E-state index contributed by atoms with van der Waals surface area (Å²) in [5.41, 5.74) is 12.7. The van der Waals surface area contributed by atoms with E-state index in [-0.39, 0.29) is 0 Å². The first kappa shape index (κ1) is 35.2. The van der Waals surface area contributed by atoms with Crippen LogP contribution in [0.2, 0.25) is 0 Å². The van der Waals surface area contributed by atoms with Crippen LogP contribution in [0.25, 0.3) is 11.4 Å². The molecule has 0 bridgehead atoms. The molecule has 7 heteroatoms. The molecular weight excluding hydrogens is 691 g/mol. The van der Waals surface area contributed by atoms with Gasteiger partial charge in [0.05, 0.1) is 29.5 Å². The van der Waals surface area contributed by atoms with E-state index in [2.05, 4.69) is 112 Å². The van der Waals surface area contributed by atoms with Crippen LogP contribution in [-0.2, 0) is 0 Å².